The fourth-order valence-corrected chi connectivity index (χ4v) is 3.33. The zero-order chi connectivity index (χ0) is 17.3. The Hall–Kier alpha value is -2.28. The smallest absolute Gasteiger partial charge is 0.309 e. The van der Waals surface area contributed by atoms with Crippen LogP contribution in [0, 0.1) is 11.7 Å². The average Bonchev–Trinajstić information content (AvgIpc) is 2.80. The van der Waals surface area contributed by atoms with E-state index in [2.05, 4.69) is 0 Å². The summed E-state index contributed by atoms with van der Waals surface area (Å²) < 4.78 is 18.5. The van der Waals surface area contributed by atoms with Gasteiger partial charge in [0.25, 0.3) is 5.78 Å². The number of ether oxygens (including phenoxy) is 1. The van der Waals surface area contributed by atoms with Crippen LogP contribution in [-0.4, -0.2) is 44.0 Å². The number of halogens is 1. The summed E-state index contributed by atoms with van der Waals surface area (Å²) in [6.45, 7) is 3.86. The van der Waals surface area contributed by atoms with Crippen LogP contribution in [0.3, 0.4) is 0 Å². The van der Waals surface area contributed by atoms with Crippen molar-refractivity contribution in [3.05, 3.63) is 29.6 Å². The maximum atomic E-state index is 13.5. The minimum Gasteiger partial charge on any atom is -0.466 e. The number of esters is 1. The van der Waals surface area contributed by atoms with Gasteiger partial charge in [0, 0.05) is 12.8 Å². The molecule has 0 saturated carbocycles. The van der Waals surface area contributed by atoms with Crippen molar-refractivity contribution in [3.63, 3.8) is 0 Å². The first-order valence-electron chi connectivity index (χ1n) is 8.17. The van der Waals surface area contributed by atoms with Gasteiger partial charge in [-0.2, -0.15) is 0 Å². The van der Waals surface area contributed by atoms with Crippen LogP contribution in [0.1, 0.15) is 30.1 Å². The van der Waals surface area contributed by atoms with Gasteiger partial charge in [0.1, 0.15) is 5.82 Å². The maximum Gasteiger partial charge on any atom is 0.309 e. The molecule has 3 rings (SSSR count). The largest absolute Gasteiger partial charge is 0.466 e. The van der Waals surface area contributed by atoms with E-state index in [9.17, 15) is 18.8 Å². The number of amides is 1. The summed E-state index contributed by atoms with van der Waals surface area (Å²) in [4.78, 5) is 38.4. The van der Waals surface area contributed by atoms with Gasteiger partial charge in [0.15, 0.2) is 6.67 Å². The van der Waals surface area contributed by atoms with E-state index in [1.54, 1.807) is 6.92 Å². The molecule has 0 spiro atoms. The standard InChI is InChI=1S/C17H19FN2O4/c1-2-24-17(23)11-5-7-19(8-6-11)10-20-14-9-12(18)3-4-13(14)15(21)16(20)22/h3-4,9,11H,2,5-8,10H2,1H3/p+1. The molecule has 1 fully saturated rings. The third kappa shape index (κ3) is 3.03. The Morgan fingerprint density at radius 3 is 2.71 bits per heavy atom. The number of quaternary nitrogens is 1. The molecule has 24 heavy (non-hydrogen) atoms. The molecule has 2 aliphatic rings. The number of nitrogens with one attached hydrogen (secondary N) is 1. The van der Waals surface area contributed by atoms with Crippen molar-refractivity contribution in [1.82, 2.24) is 0 Å². The van der Waals surface area contributed by atoms with Crippen molar-refractivity contribution in [2.24, 2.45) is 5.92 Å². The highest BCUT2D eigenvalue weighted by molar-refractivity contribution is 6.52. The molecule has 1 aromatic carbocycles. The third-order valence-corrected chi connectivity index (χ3v) is 4.63. The minimum atomic E-state index is -0.615. The first-order valence-corrected chi connectivity index (χ1v) is 8.17. The van der Waals surface area contributed by atoms with Gasteiger partial charge in [-0.3, -0.25) is 19.3 Å². The molecule has 0 unspecified atom stereocenters. The Balaban J connectivity index is 1.66. The topological polar surface area (TPSA) is 68.1 Å². The molecule has 2 aliphatic heterocycles. The molecule has 1 amide bonds. The highest BCUT2D eigenvalue weighted by Crippen LogP contribution is 2.28. The van der Waals surface area contributed by atoms with E-state index in [1.165, 1.54) is 23.1 Å². The quantitative estimate of drug-likeness (QED) is 0.629. The van der Waals surface area contributed by atoms with Gasteiger partial charge >= 0.3 is 11.9 Å². The van der Waals surface area contributed by atoms with E-state index >= 15 is 0 Å². The van der Waals surface area contributed by atoms with Crippen LogP contribution in [0.4, 0.5) is 10.1 Å². The molecule has 1 saturated heterocycles. The van der Waals surface area contributed by atoms with Crippen LogP contribution in [0.15, 0.2) is 18.2 Å². The number of benzene rings is 1. The second-order valence-corrected chi connectivity index (χ2v) is 6.16. The van der Waals surface area contributed by atoms with Crippen LogP contribution in [-0.2, 0) is 14.3 Å². The number of carbonyl (C=O) groups is 3. The second kappa shape index (κ2) is 6.68. The molecule has 1 N–H and O–H groups in total. The molecule has 2 heterocycles. The zero-order valence-electron chi connectivity index (χ0n) is 13.5. The van der Waals surface area contributed by atoms with Crippen LogP contribution >= 0.6 is 0 Å². The lowest BCUT2D eigenvalue weighted by atomic mass is 9.97. The fourth-order valence-electron chi connectivity index (χ4n) is 3.33. The zero-order valence-corrected chi connectivity index (χ0v) is 13.5. The summed E-state index contributed by atoms with van der Waals surface area (Å²) in [5.41, 5.74) is 0.590. The van der Waals surface area contributed by atoms with E-state index in [0.29, 0.717) is 44.9 Å². The first kappa shape index (κ1) is 16.6. The number of rotatable bonds is 4. The van der Waals surface area contributed by atoms with Crippen molar-refractivity contribution in [2.45, 2.75) is 19.8 Å². The molecule has 0 bridgehead atoms. The van der Waals surface area contributed by atoms with Crippen LogP contribution in [0.25, 0.3) is 0 Å². The second-order valence-electron chi connectivity index (χ2n) is 6.16. The van der Waals surface area contributed by atoms with E-state index in [1.807, 2.05) is 0 Å². The number of nitrogens with zero attached hydrogens (tertiary/aromatic N) is 1. The molecule has 0 aliphatic carbocycles. The molecule has 7 heteroatoms. The molecule has 0 atom stereocenters. The Kier molecular flexibility index (Phi) is 4.62. The summed E-state index contributed by atoms with van der Waals surface area (Å²) in [5.74, 6) is -1.95. The average molecular weight is 335 g/mol. The van der Waals surface area contributed by atoms with Crippen LogP contribution < -0.4 is 9.80 Å². The van der Waals surface area contributed by atoms with Crippen molar-refractivity contribution in [1.29, 1.82) is 0 Å². The SMILES string of the molecule is CCOC(=O)C1CC[NH+](CN2C(=O)C(=O)c3ccc(F)cc32)CC1. The van der Waals surface area contributed by atoms with Crippen molar-refractivity contribution in [2.75, 3.05) is 31.3 Å². The predicted molar refractivity (Wildman–Crippen MR) is 83.1 cm³/mol. The molecule has 6 nitrogen and oxygen atoms in total. The lowest BCUT2D eigenvalue weighted by Crippen LogP contribution is -3.14. The molecule has 1 aromatic rings. The number of Topliss-reactive ketones (excluding diaryl/α,β-unsaturated/α-hetero) is 1. The molecular formula is C17H20FN2O4+. The van der Waals surface area contributed by atoms with Gasteiger partial charge in [-0.1, -0.05) is 0 Å². The van der Waals surface area contributed by atoms with Gasteiger partial charge in [0.2, 0.25) is 0 Å². The number of piperidine rings is 1. The Bertz CT molecular complexity index is 683. The van der Waals surface area contributed by atoms with E-state index < -0.39 is 17.5 Å². The third-order valence-electron chi connectivity index (χ3n) is 4.63. The van der Waals surface area contributed by atoms with Crippen LogP contribution in [0.2, 0.25) is 0 Å². The van der Waals surface area contributed by atoms with Gasteiger partial charge in [-0.25, -0.2) is 4.39 Å². The molecular weight excluding hydrogens is 315 g/mol. The number of fused-ring (bicyclic) bond motifs is 1. The highest BCUT2D eigenvalue weighted by atomic mass is 19.1. The minimum absolute atomic E-state index is 0.102. The summed E-state index contributed by atoms with van der Waals surface area (Å²) >= 11 is 0. The van der Waals surface area contributed by atoms with Crippen LogP contribution in [0.5, 0.6) is 0 Å². The normalized spacial score (nSPS) is 23.3. The lowest BCUT2D eigenvalue weighted by Gasteiger charge is -2.30. The number of carbonyl (C=O) groups excluding carboxylic acids is 3. The van der Waals surface area contributed by atoms with Gasteiger partial charge in [0.05, 0.1) is 36.9 Å². The number of hydrogen-bond donors (Lipinski definition) is 1. The number of likely N-dealkylation sites (tertiary alicyclic amines) is 1. The lowest BCUT2D eigenvalue weighted by molar-refractivity contribution is -0.904. The van der Waals surface area contributed by atoms with E-state index in [-0.39, 0.29) is 17.5 Å². The van der Waals surface area contributed by atoms with E-state index in [4.69, 9.17) is 4.74 Å². The summed E-state index contributed by atoms with van der Waals surface area (Å²) in [5, 5.41) is 0. The Morgan fingerprint density at radius 1 is 1.33 bits per heavy atom. The van der Waals surface area contributed by atoms with Gasteiger partial charge in [-0.05, 0) is 25.1 Å². The highest BCUT2D eigenvalue weighted by Gasteiger charge is 2.39. The molecule has 128 valence electrons. The van der Waals surface area contributed by atoms with E-state index in [0.717, 1.165) is 4.90 Å². The van der Waals surface area contributed by atoms with Crippen molar-refractivity contribution in [3.8, 4) is 0 Å². The number of ketones is 1. The Morgan fingerprint density at radius 2 is 2.04 bits per heavy atom. The summed E-state index contributed by atoms with van der Waals surface area (Å²) in [7, 11) is 0. The Labute approximate surface area is 139 Å². The van der Waals surface area contributed by atoms with Crippen molar-refractivity contribution >= 4 is 23.3 Å². The summed E-state index contributed by atoms with van der Waals surface area (Å²) in [6.07, 6.45) is 1.36. The first-order chi connectivity index (χ1) is 11.5. The fraction of sp³-hybridized carbons (Fsp3) is 0.471. The number of hydrogen-bond acceptors (Lipinski definition) is 4. The van der Waals surface area contributed by atoms with Gasteiger partial charge in [-0.15, -0.1) is 0 Å². The predicted octanol–water partition coefficient (Wildman–Crippen LogP) is 0.171. The number of anilines is 1. The molecule has 0 radical (unpaired) electrons. The summed E-state index contributed by atoms with van der Waals surface area (Å²) in [6, 6.07) is 3.77. The van der Waals surface area contributed by atoms with Gasteiger partial charge < -0.3 is 9.64 Å². The van der Waals surface area contributed by atoms with Crippen molar-refractivity contribution < 1.29 is 28.4 Å². The molecule has 0 aromatic heterocycles. The monoisotopic (exact) mass is 335 g/mol. The maximum absolute atomic E-state index is 13.5.